The van der Waals surface area contributed by atoms with E-state index in [1.165, 1.54) is 32.5 Å². The summed E-state index contributed by atoms with van der Waals surface area (Å²) < 4.78 is 21.7. The highest BCUT2D eigenvalue weighted by molar-refractivity contribution is 7.99. The molecule has 1 aromatic carbocycles. The third kappa shape index (κ3) is 7.02. The number of hydrogen-bond acceptors (Lipinski definition) is 9. The van der Waals surface area contributed by atoms with Crippen LogP contribution in [-0.4, -0.2) is 54.3 Å². The molecule has 2 rings (SSSR count). The van der Waals surface area contributed by atoms with Crippen LogP contribution in [0.4, 0.5) is 0 Å². The van der Waals surface area contributed by atoms with Gasteiger partial charge in [-0.15, -0.1) is 11.8 Å². The highest BCUT2D eigenvalue weighted by atomic mass is 35.5. The summed E-state index contributed by atoms with van der Waals surface area (Å²) in [7, 11) is 0. The molecule has 0 bridgehead atoms. The number of benzene rings is 1. The number of rotatable bonds is 7. The number of carbonyl (C=O) groups is 3. The van der Waals surface area contributed by atoms with Gasteiger partial charge in [-0.2, -0.15) is 0 Å². The molecule has 0 spiro atoms. The molecule has 11 heteroatoms. The van der Waals surface area contributed by atoms with Gasteiger partial charge in [0.05, 0.1) is 16.1 Å². The molecule has 166 valence electrons. The summed E-state index contributed by atoms with van der Waals surface area (Å²) in [5.41, 5.74) is 6.46. The van der Waals surface area contributed by atoms with E-state index in [-0.39, 0.29) is 6.61 Å². The van der Waals surface area contributed by atoms with Gasteiger partial charge in [-0.05, 0) is 17.7 Å². The monoisotopic (exact) mass is 479 g/mol. The van der Waals surface area contributed by atoms with Crippen LogP contribution in [-0.2, 0) is 39.1 Å². The highest BCUT2D eigenvalue weighted by Crippen LogP contribution is 2.34. The predicted octanol–water partition coefficient (Wildman–Crippen LogP) is 2.71. The number of carbonyl (C=O) groups excluding carboxylic acids is 3. The smallest absolute Gasteiger partial charge is 0.303 e. The summed E-state index contributed by atoms with van der Waals surface area (Å²) in [6.07, 6.45) is -2.69. The average Bonchev–Trinajstić information content (AvgIpc) is 2.65. The minimum atomic E-state index is -0.965. The van der Waals surface area contributed by atoms with Crippen molar-refractivity contribution in [1.29, 1.82) is 0 Å². The number of ether oxygens (including phenoxy) is 4. The van der Waals surface area contributed by atoms with Crippen molar-refractivity contribution in [3.8, 4) is 0 Å². The lowest BCUT2D eigenvalue weighted by atomic mass is 9.97. The predicted molar refractivity (Wildman–Crippen MR) is 112 cm³/mol. The largest absolute Gasteiger partial charge is 0.463 e. The number of halogens is 2. The lowest BCUT2D eigenvalue weighted by Gasteiger charge is -2.43. The summed E-state index contributed by atoms with van der Waals surface area (Å²) in [6.45, 7) is 3.56. The van der Waals surface area contributed by atoms with E-state index in [1.807, 2.05) is 6.07 Å². The highest BCUT2D eigenvalue weighted by Gasteiger charge is 2.48. The molecule has 0 aromatic heterocycles. The molecule has 0 amide bonds. The topological polar surface area (TPSA) is 114 Å². The molecule has 0 aliphatic carbocycles. The Balaban J connectivity index is 2.22. The van der Waals surface area contributed by atoms with E-state index in [1.54, 1.807) is 12.1 Å². The van der Waals surface area contributed by atoms with E-state index in [0.29, 0.717) is 15.8 Å². The maximum absolute atomic E-state index is 11.6. The first-order valence-electron chi connectivity index (χ1n) is 9.03. The van der Waals surface area contributed by atoms with Gasteiger partial charge in [-0.25, -0.2) is 0 Å². The molecule has 1 aromatic rings. The van der Waals surface area contributed by atoms with Crippen molar-refractivity contribution in [2.75, 3.05) is 6.61 Å². The van der Waals surface area contributed by atoms with E-state index in [2.05, 4.69) is 0 Å². The minimum absolute atomic E-state index is 0.169. The van der Waals surface area contributed by atoms with Gasteiger partial charge >= 0.3 is 17.9 Å². The van der Waals surface area contributed by atoms with Crippen LogP contribution < -0.4 is 5.73 Å². The Labute approximate surface area is 188 Å². The van der Waals surface area contributed by atoms with Crippen LogP contribution in [0.3, 0.4) is 0 Å². The zero-order valence-corrected chi connectivity index (χ0v) is 19.0. The van der Waals surface area contributed by atoms with Gasteiger partial charge in [0.15, 0.2) is 6.10 Å². The second-order valence-electron chi connectivity index (χ2n) is 6.63. The molecular weight excluding hydrogens is 457 g/mol. The van der Waals surface area contributed by atoms with Crippen LogP contribution in [0.5, 0.6) is 0 Å². The van der Waals surface area contributed by atoms with Crippen LogP contribution in [0.2, 0.25) is 10.0 Å². The molecule has 5 atom stereocenters. The van der Waals surface area contributed by atoms with Crippen LogP contribution >= 0.6 is 35.0 Å². The van der Waals surface area contributed by atoms with Crippen molar-refractivity contribution in [2.45, 2.75) is 56.3 Å². The fourth-order valence-electron chi connectivity index (χ4n) is 2.89. The van der Waals surface area contributed by atoms with E-state index in [9.17, 15) is 14.4 Å². The Morgan fingerprint density at radius 3 is 2.23 bits per heavy atom. The number of hydrogen-bond donors (Lipinski definition) is 1. The SMILES string of the molecule is CC(=O)OCC1OC(SCc2ccc(Cl)c(Cl)c2)C(OC(C)=O)C(N)C1OC(C)=O. The molecule has 1 aliphatic rings. The molecule has 0 saturated carbocycles. The van der Waals surface area contributed by atoms with Crippen LogP contribution in [0.25, 0.3) is 0 Å². The van der Waals surface area contributed by atoms with Gasteiger partial charge in [0.1, 0.15) is 24.3 Å². The quantitative estimate of drug-likeness (QED) is 0.465. The lowest BCUT2D eigenvalue weighted by Crippen LogP contribution is -2.63. The molecule has 1 saturated heterocycles. The van der Waals surface area contributed by atoms with Gasteiger partial charge in [-0.3, -0.25) is 14.4 Å². The molecule has 1 fully saturated rings. The number of thioether (sulfide) groups is 1. The van der Waals surface area contributed by atoms with E-state index in [0.717, 1.165) is 5.56 Å². The van der Waals surface area contributed by atoms with E-state index >= 15 is 0 Å². The first kappa shape index (κ1) is 24.7. The summed E-state index contributed by atoms with van der Waals surface area (Å²) in [4.78, 5) is 34.4. The van der Waals surface area contributed by atoms with Gasteiger partial charge in [-0.1, -0.05) is 29.3 Å². The number of nitrogens with two attached hydrogens (primary N) is 1. The van der Waals surface area contributed by atoms with E-state index < -0.39 is 47.7 Å². The van der Waals surface area contributed by atoms with Crippen molar-refractivity contribution in [3.63, 3.8) is 0 Å². The van der Waals surface area contributed by atoms with Crippen molar-refractivity contribution in [3.05, 3.63) is 33.8 Å². The normalized spacial score (nSPS) is 26.0. The molecule has 0 radical (unpaired) electrons. The Morgan fingerprint density at radius 2 is 1.67 bits per heavy atom. The second kappa shape index (κ2) is 11.2. The van der Waals surface area contributed by atoms with Crippen molar-refractivity contribution in [2.24, 2.45) is 5.73 Å². The fourth-order valence-corrected chi connectivity index (χ4v) is 4.40. The Bertz CT molecular complexity index is 792. The molecule has 1 aliphatic heterocycles. The number of esters is 3. The molecule has 8 nitrogen and oxygen atoms in total. The summed E-state index contributed by atoms with van der Waals surface area (Å²) >= 11 is 13.3. The summed E-state index contributed by atoms with van der Waals surface area (Å²) in [5, 5.41) is 0.847. The summed E-state index contributed by atoms with van der Waals surface area (Å²) in [6, 6.07) is 4.32. The second-order valence-corrected chi connectivity index (χ2v) is 8.53. The Kier molecular flexibility index (Phi) is 9.24. The van der Waals surface area contributed by atoms with Gasteiger partial charge in [0.25, 0.3) is 0 Å². The zero-order chi connectivity index (χ0) is 22.4. The molecular formula is C19H23Cl2NO7S. The maximum atomic E-state index is 11.6. The molecule has 2 N–H and O–H groups in total. The lowest BCUT2D eigenvalue weighted by molar-refractivity contribution is -0.201. The maximum Gasteiger partial charge on any atom is 0.303 e. The molecule has 5 unspecified atom stereocenters. The third-order valence-corrected chi connectivity index (χ3v) is 6.10. The van der Waals surface area contributed by atoms with Crippen molar-refractivity contribution >= 4 is 52.9 Å². The van der Waals surface area contributed by atoms with Crippen LogP contribution in [0.15, 0.2) is 18.2 Å². The Morgan fingerprint density at radius 1 is 1.03 bits per heavy atom. The minimum Gasteiger partial charge on any atom is -0.463 e. The first-order valence-corrected chi connectivity index (χ1v) is 10.8. The molecule has 1 heterocycles. The van der Waals surface area contributed by atoms with Gasteiger partial charge < -0.3 is 24.7 Å². The zero-order valence-electron chi connectivity index (χ0n) is 16.6. The van der Waals surface area contributed by atoms with E-state index in [4.69, 9.17) is 47.9 Å². The van der Waals surface area contributed by atoms with Crippen molar-refractivity contribution in [1.82, 2.24) is 0 Å². The third-order valence-electron chi connectivity index (χ3n) is 4.16. The standard InChI is InChI=1S/C19H23Cl2NO7S/c1-9(23)26-7-15-17(27-10(2)24)16(22)18(28-11(3)25)19(29-15)30-8-12-4-5-13(20)14(21)6-12/h4-6,15-19H,7-8,22H2,1-3H3. The van der Waals surface area contributed by atoms with Crippen LogP contribution in [0.1, 0.15) is 26.3 Å². The first-order chi connectivity index (χ1) is 14.1. The van der Waals surface area contributed by atoms with Gasteiger partial charge in [0.2, 0.25) is 0 Å². The van der Waals surface area contributed by atoms with Crippen molar-refractivity contribution < 1.29 is 33.3 Å². The molecule has 30 heavy (non-hydrogen) atoms. The van der Waals surface area contributed by atoms with Gasteiger partial charge in [0, 0.05) is 26.5 Å². The Hall–Kier alpha value is -1.52. The summed E-state index contributed by atoms with van der Waals surface area (Å²) in [5.74, 6) is -1.21. The van der Waals surface area contributed by atoms with Crippen LogP contribution in [0, 0.1) is 0 Å². The average molecular weight is 480 g/mol. The fraction of sp³-hybridized carbons (Fsp3) is 0.526.